The smallest absolute Gasteiger partial charge is 0.134 e. The molecule has 0 saturated heterocycles. The molecule has 23 heavy (non-hydrogen) atoms. The van der Waals surface area contributed by atoms with Gasteiger partial charge in [0.2, 0.25) is 0 Å². The number of nitrogens with zero attached hydrogens (tertiary/aromatic N) is 1. The number of rotatable bonds is 1. The van der Waals surface area contributed by atoms with Gasteiger partial charge in [0.25, 0.3) is 0 Å². The topological polar surface area (TPSA) is 58.1 Å². The van der Waals surface area contributed by atoms with Crippen LogP contribution in [0, 0.1) is 0 Å². The van der Waals surface area contributed by atoms with Gasteiger partial charge in [0.15, 0.2) is 0 Å². The van der Waals surface area contributed by atoms with Gasteiger partial charge in [-0.25, -0.2) is 0 Å². The molecule has 1 aliphatic heterocycles. The molecule has 0 atom stereocenters. The van der Waals surface area contributed by atoms with Crippen LogP contribution in [0.4, 0.5) is 0 Å². The third-order valence-electron chi connectivity index (χ3n) is 4.49. The molecule has 2 aromatic heterocycles. The Bertz CT molecular complexity index is 1050. The second-order valence-corrected chi connectivity index (χ2v) is 5.82. The van der Waals surface area contributed by atoms with Gasteiger partial charge in [-0.15, -0.1) is 0 Å². The second-order valence-electron chi connectivity index (χ2n) is 5.82. The maximum absolute atomic E-state index is 9.52. The Kier molecular flexibility index (Phi) is 2.45. The molecule has 3 heterocycles. The number of phenolic OH excluding ortho intramolecular Hbond substituents is 1. The fourth-order valence-corrected chi connectivity index (χ4v) is 3.43. The summed E-state index contributed by atoms with van der Waals surface area (Å²) in [5.74, 6) is 1.23. The Morgan fingerprint density at radius 2 is 1.91 bits per heavy atom. The number of H-pyrrole nitrogens is 1. The van der Waals surface area contributed by atoms with E-state index in [0.717, 1.165) is 45.2 Å². The number of aromatic nitrogens is 2. The molecular formula is C19H14N2O2. The van der Waals surface area contributed by atoms with Gasteiger partial charge >= 0.3 is 0 Å². The zero-order valence-corrected chi connectivity index (χ0v) is 12.3. The summed E-state index contributed by atoms with van der Waals surface area (Å²) >= 11 is 0. The van der Waals surface area contributed by atoms with Crippen molar-refractivity contribution in [2.24, 2.45) is 0 Å². The van der Waals surface area contributed by atoms with Gasteiger partial charge in [-0.2, -0.15) is 0 Å². The number of fused-ring (bicyclic) bond motifs is 5. The lowest BCUT2D eigenvalue weighted by molar-refractivity contribution is 0.360. The van der Waals surface area contributed by atoms with Crippen LogP contribution in [0.3, 0.4) is 0 Å². The van der Waals surface area contributed by atoms with Crippen molar-refractivity contribution in [1.82, 2.24) is 9.97 Å². The minimum atomic E-state index is 0.270. The van der Waals surface area contributed by atoms with Crippen molar-refractivity contribution in [2.45, 2.75) is 6.42 Å². The van der Waals surface area contributed by atoms with E-state index in [4.69, 9.17) is 4.74 Å². The van der Waals surface area contributed by atoms with Gasteiger partial charge in [0.1, 0.15) is 11.5 Å². The SMILES string of the molecule is Oc1ccc(-c2[nH]c3ccc4nccc4c3c3c2CCO3)cc1. The molecule has 0 saturated carbocycles. The molecule has 0 spiro atoms. The lowest BCUT2D eigenvalue weighted by Gasteiger charge is -2.13. The van der Waals surface area contributed by atoms with Gasteiger partial charge in [-0.1, -0.05) is 0 Å². The standard InChI is InChI=1S/C19H14N2O2/c22-12-3-1-11(2-4-12)18-14-8-10-23-19(14)17-13-7-9-20-15(13)5-6-16(17)21-18/h1-7,9,21-22H,8,10H2. The minimum absolute atomic E-state index is 0.270. The third-order valence-corrected chi connectivity index (χ3v) is 4.49. The van der Waals surface area contributed by atoms with Crippen molar-refractivity contribution < 1.29 is 9.84 Å². The van der Waals surface area contributed by atoms with E-state index >= 15 is 0 Å². The lowest BCUT2D eigenvalue weighted by Crippen LogP contribution is -1.93. The van der Waals surface area contributed by atoms with E-state index in [9.17, 15) is 5.11 Å². The number of aromatic amines is 1. The van der Waals surface area contributed by atoms with Crippen molar-refractivity contribution in [3.63, 3.8) is 0 Å². The van der Waals surface area contributed by atoms with Gasteiger partial charge < -0.3 is 14.8 Å². The van der Waals surface area contributed by atoms with Crippen molar-refractivity contribution >= 4 is 21.8 Å². The number of phenols is 1. The van der Waals surface area contributed by atoms with Crippen molar-refractivity contribution in [2.75, 3.05) is 6.61 Å². The molecule has 0 fully saturated rings. The largest absolute Gasteiger partial charge is 0.508 e. The summed E-state index contributed by atoms with van der Waals surface area (Å²) in [6.07, 6.45) is 2.71. The van der Waals surface area contributed by atoms with Crippen LogP contribution < -0.4 is 4.74 Å². The van der Waals surface area contributed by atoms with E-state index in [-0.39, 0.29) is 5.75 Å². The number of hydrogen-bond donors (Lipinski definition) is 2. The fourth-order valence-electron chi connectivity index (χ4n) is 3.43. The van der Waals surface area contributed by atoms with Crippen LogP contribution in [-0.4, -0.2) is 21.7 Å². The molecule has 4 heteroatoms. The monoisotopic (exact) mass is 302 g/mol. The zero-order valence-electron chi connectivity index (χ0n) is 12.3. The van der Waals surface area contributed by atoms with Crippen molar-refractivity contribution in [3.05, 3.63) is 54.2 Å². The summed E-state index contributed by atoms with van der Waals surface area (Å²) in [6.45, 7) is 0.692. The number of nitrogens with one attached hydrogen (secondary N) is 1. The van der Waals surface area contributed by atoms with Crippen LogP contribution in [0.1, 0.15) is 5.56 Å². The van der Waals surface area contributed by atoms with Gasteiger partial charge in [0.05, 0.1) is 23.3 Å². The number of aromatic hydroxyl groups is 1. The zero-order chi connectivity index (χ0) is 15.4. The fraction of sp³-hybridized carbons (Fsp3) is 0.105. The molecule has 4 nitrogen and oxygen atoms in total. The molecule has 112 valence electrons. The Morgan fingerprint density at radius 3 is 2.78 bits per heavy atom. The number of benzene rings is 2. The molecule has 0 unspecified atom stereocenters. The highest BCUT2D eigenvalue weighted by molar-refractivity contribution is 6.10. The first-order valence-electron chi connectivity index (χ1n) is 7.66. The molecule has 0 bridgehead atoms. The minimum Gasteiger partial charge on any atom is -0.508 e. The van der Waals surface area contributed by atoms with Crippen LogP contribution in [0.15, 0.2) is 48.7 Å². The average Bonchev–Trinajstić information content (AvgIpc) is 3.23. The van der Waals surface area contributed by atoms with E-state index in [1.807, 2.05) is 30.5 Å². The van der Waals surface area contributed by atoms with Crippen LogP contribution >= 0.6 is 0 Å². The van der Waals surface area contributed by atoms with Crippen LogP contribution in [0.5, 0.6) is 11.5 Å². The highest BCUT2D eigenvalue weighted by Crippen LogP contribution is 2.42. The van der Waals surface area contributed by atoms with E-state index in [1.165, 1.54) is 5.56 Å². The quantitative estimate of drug-likeness (QED) is 0.558. The van der Waals surface area contributed by atoms with Gasteiger partial charge in [-0.3, -0.25) is 4.98 Å². The predicted octanol–water partition coefficient (Wildman–Crippen LogP) is 4.02. The number of hydrogen-bond acceptors (Lipinski definition) is 3. The van der Waals surface area contributed by atoms with Crippen LogP contribution in [-0.2, 0) is 6.42 Å². The highest BCUT2D eigenvalue weighted by atomic mass is 16.5. The lowest BCUT2D eigenvalue weighted by atomic mass is 9.99. The molecule has 2 N–H and O–H groups in total. The Balaban J connectivity index is 1.88. The van der Waals surface area contributed by atoms with Crippen LogP contribution in [0.2, 0.25) is 0 Å². The number of ether oxygens (including phenoxy) is 1. The molecule has 2 aromatic carbocycles. The van der Waals surface area contributed by atoms with Gasteiger partial charge in [0, 0.05) is 29.0 Å². The molecule has 0 amide bonds. The van der Waals surface area contributed by atoms with Crippen LogP contribution in [0.25, 0.3) is 33.1 Å². The normalized spacial score (nSPS) is 13.4. The van der Waals surface area contributed by atoms with E-state index < -0.39 is 0 Å². The van der Waals surface area contributed by atoms with Crippen molar-refractivity contribution in [3.8, 4) is 22.8 Å². The first kappa shape index (κ1) is 12.5. The molecule has 0 aliphatic carbocycles. The predicted molar refractivity (Wildman–Crippen MR) is 89.9 cm³/mol. The van der Waals surface area contributed by atoms with E-state index in [2.05, 4.69) is 16.0 Å². The average molecular weight is 302 g/mol. The second kappa shape index (κ2) is 4.49. The molecule has 4 aromatic rings. The Morgan fingerprint density at radius 1 is 1.04 bits per heavy atom. The van der Waals surface area contributed by atoms with E-state index in [1.54, 1.807) is 12.1 Å². The molecule has 0 radical (unpaired) electrons. The number of pyridine rings is 1. The Labute approximate surface area is 132 Å². The Hall–Kier alpha value is -3.01. The summed E-state index contributed by atoms with van der Waals surface area (Å²) < 4.78 is 5.98. The summed E-state index contributed by atoms with van der Waals surface area (Å²) in [5, 5.41) is 11.7. The highest BCUT2D eigenvalue weighted by Gasteiger charge is 2.22. The summed E-state index contributed by atoms with van der Waals surface area (Å²) in [4.78, 5) is 7.94. The summed E-state index contributed by atoms with van der Waals surface area (Å²) in [6, 6.07) is 13.4. The molecule has 1 aliphatic rings. The van der Waals surface area contributed by atoms with Crippen molar-refractivity contribution in [1.29, 1.82) is 0 Å². The molecule has 5 rings (SSSR count). The maximum atomic E-state index is 9.52. The van der Waals surface area contributed by atoms with E-state index in [0.29, 0.717) is 6.61 Å². The first-order chi connectivity index (χ1) is 11.3. The third kappa shape index (κ3) is 1.75. The molecular weight excluding hydrogens is 288 g/mol. The van der Waals surface area contributed by atoms with Gasteiger partial charge in [-0.05, 0) is 48.0 Å². The summed E-state index contributed by atoms with van der Waals surface area (Å²) in [5.41, 5.74) is 5.32. The summed E-state index contributed by atoms with van der Waals surface area (Å²) in [7, 11) is 0. The maximum Gasteiger partial charge on any atom is 0.134 e. The first-order valence-corrected chi connectivity index (χ1v) is 7.66.